The van der Waals surface area contributed by atoms with Crippen molar-refractivity contribution in [2.24, 2.45) is 0 Å². The Bertz CT molecular complexity index is 694. The molecule has 0 atom stereocenters. The fourth-order valence-corrected chi connectivity index (χ4v) is 3.66. The predicted octanol–water partition coefficient (Wildman–Crippen LogP) is 4.84. The lowest BCUT2D eigenvalue weighted by Gasteiger charge is -2.13. The molecule has 0 aliphatic heterocycles. The van der Waals surface area contributed by atoms with E-state index in [4.69, 9.17) is 9.84 Å². The first-order chi connectivity index (χ1) is 10.4. The maximum absolute atomic E-state index is 11.0. The summed E-state index contributed by atoms with van der Waals surface area (Å²) in [7, 11) is 1.61. The van der Waals surface area contributed by atoms with Gasteiger partial charge in [0.2, 0.25) is 0 Å². The summed E-state index contributed by atoms with van der Waals surface area (Å²) >= 11 is 6.94. The first kappa shape index (κ1) is 16.8. The Balaban J connectivity index is 2.20. The lowest BCUT2D eigenvalue weighted by atomic mass is 10.1. The van der Waals surface area contributed by atoms with Crippen LogP contribution in [0.25, 0.3) is 0 Å². The smallest absolute Gasteiger partial charge is 0.335 e. The maximum atomic E-state index is 11.0. The zero-order chi connectivity index (χ0) is 16.3. The van der Waals surface area contributed by atoms with Crippen molar-refractivity contribution in [3.8, 4) is 5.75 Å². The van der Waals surface area contributed by atoms with Crippen molar-refractivity contribution in [3.05, 3.63) is 56.0 Å². The molecule has 0 saturated carbocycles. The van der Waals surface area contributed by atoms with E-state index in [-0.39, 0.29) is 5.56 Å². The molecule has 6 heteroatoms. The molecule has 0 saturated heterocycles. The van der Waals surface area contributed by atoms with Gasteiger partial charge < -0.3 is 15.2 Å². The van der Waals surface area contributed by atoms with E-state index >= 15 is 0 Å². The number of hydrogen-bond acceptors (Lipinski definition) is 3. The number of aromatic carboxylic acids is 1. The van der Waals surface area contributed by atoms with E-state index in [2.05, 4.69) is 37.2 Å². The highest BCUT2D eigenvalue weighted by Crippen LogP contribution is 2.34. The summed E-state index contributed by atoms with van der Waals surface area (Å²) in [5.41, 5.74) is 3.12. The van der Waals surface area contributed by atoms with Crippen LogP contribution in [0, 0.1) is 6.92 Å². The molecule has 0 spiro atoms. The van der Waals surface area contributed by atoms with Crippen LogP contribution in [-0.4, -0.2) is 18.2 Å². The Morgan fingerprint density at radius 2 is 1.86 bits per heavy atom. The largest absolute Gasteiger partial charge is 0.494 e. The van der Waals surface area contributed by atoms with Gasteiger partial charge in [-0.2, -0.15) is 0 Å². The fourth-order valence-electron chi connectivity index (χ4n) is 2.05. The highest BCUT2D eigenvalue weighted by atomic mass is 79.9. The second-order valence-electron chi connectivity index (χ2n) is 4.78. The minimum absolute atomic E-state index is 0.269. The molecule has 2 aromatic rings. The standard InChI is InChI=1S/C16H15Br2NO3/c1-9-3-4-11(16(20)21)7-14(9)19-8-10-5-12(17)15(22-2)13(18)6-10/h3-7,19H,8H2,1-2H3,(H,20,21). The molecule has 0 radical (unpaired) electrons. The minimum Gasteiger partial charge on any atom is -0.494 e. The summed E-state index contributed by atoms with van der Waals surface area (Å²) < 4.78 is 6.99. The average Bonchev–Trinajstić information content (AvgIpc) is 2.46. The van der Waals surface area contributed by atoms with Crippen molar-refractivity contribution >= 4 is 43.5 Å². The van der Waals surface area contributed by atoms with Crippen LogP contribution < -0.4 is 10.1 Å². The number of carboxylic acid groups (broad SMARTS) is 1. The Morgan fingerprint density at radius 3 is 2.41 bits per heavy atom. The second-order valence-corrected chi connectivity index (χ2v) is 6.49. The monoisotopic (exact) mass is 427 g/mol. The number of hydrogen-bond donors (Lipinski definition) is 2. The predicted molar refractivity (Wildman–Crippen MR) is 93.9 cm³/mol. The van der Waals surface area contributed by atoms with Crippen LogP contribution in [0.1, 0.15) is 21.5 Å². The van der Waals surface area contributed by atoms with Gasteiger partial charge in [0.05, 0.1) is 21.6 Å². The number of methoxy groups -OCH3 is 1. The number of nitrogens with one attached hydrogen (secondary N) is 1. The molecule has 4 nitrogen and oxygen atoms in total. The summed E-state index contributed by atoms with van der Waals surface area (Å²) in [4.78, 5) is 11.0. The quantitative estimate of drug-likeness (QED) is 0.715. The van der Waals surface area contributed by atoms with Crippen LogP contribution in [-0.2, 0) is 6.54 Å². The Hall–Kier alpha value is -1.53. The number of rotatable bonds is 5. The molecule has 0 aromatic heterocycles. The van der Waals surface area contributed by atoms with Gasteiger partial charge in [-0.15, -0.1) is 0 Å². The molecule has 2 N–H and O–H groups in total. The van der Waals surface area contributed by atoms with Crippen LogP contribution in [0.3, 0.4) is 0 Å². The Labute approximate surface area is 145 Å². The van der Waals surface area contributed by atoms with Crippen molar-refractivity contribution in [2.45, 2.75) is 13.5 Å². The first-order valence-corrected chi connectivity index (χ1v) is 8.10. The van der Waals surface area contributed by atoms with Crippen LogP contribution >= 0.6 is 31.9 Å². The van der Waals surface area contributed by atoms with Gasteiger partial charge >= 0.3 is 5.97 Å². The van der Waals surface area contributed by atoms with Crippen molar-refractivity contribution in [1.29, 1.82) is 0 Å². The van der Waals surface area contributed by atoms with Gasteiger partial charge in [0.1, 0.15) is 5.75 Å². The second kappa shape index (κ2) is 7.15. The van der Waals surface area contributed by atoms with Gasteiger partial charge in [-0.05, 0) is 74.2 Å². The lowest BCUT2D eigenvalue weighted by Crippen LogP contribution is -2.04. The zero-order valence-corrected chi connectivity index (χ0v) is 15.3. The van der Waals surface area contributed by atoms with Gasteiger partial charge in [0, 0.05) is 12.2 Å². The maximum Gasteiger partial charge on any atom is 0.335 e. The summed E-state index contributed by atoms with van der Waals surface area (Å²) in [6.07, 6.45) is 0. The number of halogens is 2. The molecular formula is C16H15Br2NO3. The van der Waals surface area contributed by atoms with Crippen LogP contribution in [0.5, 0.6) is 5.75 Å². The Morgan fingerprint density at radius 1 is 1.23 bits per heavy atom. The lowest BCUT2D eigenvalue weighted by molar-refractivity contribution is 0.0697. The van der Waals surface area contributed by atoms with E-state index in [0.29, 0.717) is 6.54 Å². The molecule has 0 bridgehead atoms. The van der Waals surface area contributed by atoms with Gasteiger partial charge in [0.15, 0.2) is 0 Å². The molecule has 0 aliphatic rings. The van der Waals surface area contributed by atoms with Gasteiger partial charge in [-0.1, -0.05) is 6.07 Å². The number of anilines is 1. The van der Waals surface area contributed by atoms with E-state index in [0.717, 1.165) is 31.5 Å². The SMILES string of the molecule is COc1c(Br)cc(CNc2cc(C(=O)O)ccc2C)cc1Br. The third-order valence-corrected chi connectivity index (χ3v) is 4.41. The van der Waals surface area contributed by atoms with Crippen molar-refractivity contribution in [3.63, 3.8) is 0 Å². The topological polar surface area (TPSA) is 58.6 Å². The van der Waals surface area contributed by atoms with Gasteiger partial charge in [0.25, 0.3) is 0 Å². The number of ether oxygens (including phenoxy) is 1. The summed E-state index contributed by atoms with van der Waals surface area (Å²) in [5, 5.41) is 12.3. The third kappa shape index (κ3) is 3.81. The molecule has 0 fully saturated rings. The summed E-state index contributed by atoms with van der Waals surface area (Å²) in [6.45, 7) is 2.51. The van der Waals surface area contributed by atoms with E-state index < -0.39 is 5.97 Å². The molecule has 0 aliphatic carbocycles. The van der Waals surface area contributed by atoms with Crippen molar-refractivity contribution in [2.75, 3.05) is 12.4 Å². The number of carboxylic acids is 1. The van der Waals surface area contributed by atoms with E-state index in [1.54, 1.807) is 25.3 Å². The number of aryl methyl sites for hydroxylation is 1. The molecule has 0 heterocycles. The number of carbonyl (C=O) groups is 1. The molecule has 0 unspecified atom stereocenters. The molecule has 2 rings (SSSR count). The Kier molecular flexibility index (Phi) is 5.47. The molecule has 22 heavy (non-hydrogen) atoms. The van der Waals surface area contributed by atoms with Crippen LogP contribution in [0.2, 0.25) is 0 Å². The van der Waals surface area contributed by atoms with Crippen molar-refractivity contribution in [1.82, 2.24) is 0 Å². The van der Waals surface area contributed by atoms with Crippen LogP contribution in [0.15, 0.2) is 39.3 Å². The van der Waals surface area contributed by atoms with Gasteiger partial charge in [-0.25, -0.2) is 4.79 Å². The average molecular weight is 429 g/mol. The van der Waals surface area contributed by atoms with Crippen LogP contribution in [0.4, 0.5) is 5.69 Å². The van der Waals surface area contributed by atoms with E-state index in [1.165, 1.54) is 0 Å². The van der Waals surface area contributed by atoms with E-state index in [9.17, 15) is 4.79 Å². The molecule has 116 valence electrons. The summed E-state index contributed by atoms with van der Waals surface area (Å²) in [6, 6.07) is 8.97. The number of benzene rings is 2. The van der Waals surface area contributed by atoms with Gasteiger partial charge in [-0.3, -0.25) is 0 Å². The highest BCUT2D eigenvalue weighted by molar-refractivity contribution is 9.11. The fraction of sp³-hybridized carbons (Fsp3) is 0.188. The first-order valence-electron chi connectivity index (χ1n) is 6.52. The highest BCUT2D eigenvalue weighted by Gasteiger charge is 2.09. The minimum atomic E-state index is -0.932. The summed E-state index contributed by atoms with van der Waals surface area (Å²) in [5.74, 6) is -0.189. The zero-order valence-electron chi connectivity index (χ0n) is 12.1. The normalized spacial score (nSPS) is 10.4. The third-order valence-electron chi connectivity index (χ3n) is 3.23. The van der Waals surface area contributed by atoms with E-state index in [1.807, 2.05) is 19.1 Å². The molecule has 0 amide bonds. The van der Waals surface area contributed by atoms with Crippen molar-refractivity contribution < 1.29 is 14.6 Å². The molecular weight excluding hydrogens is 414 g/mol. The molecule has 2 aromatic carbocycles.